The third-order valence-corrected chi connectivity index (χ3v) is 7.05. The molecule has 7 nitrogen and oxygen atoms in total. The first kappa shape index (κ1) is 21.3. The molecule has 0 atom stereocenters. The molecule has 29 heavy (non-hydrogen) atoms. The molecule has 2 heterocycles. The van der Waals surface area contributed by atoms with Crippen LogP contribution in [0, 0.1) is 5.92 Å². The maximum atomic E-state index is 12.6. The van der Waals surface area contributed by atoms with Crippen molar-refractivity contribution in [3.05, 3.63) is 60.4 Å². The first-order valence-corrected chi connectivity index (χ1v) is 11.5. The topological polar surface area (TPSA) is 91.4 Å². The molecule has 1 aromatic carbocycles. The molecule has 1 saturated heterocycles. The molecule has 2 N–H and O–H groups in total. The number of carbonyl (C=O) groups excluding carboxylic acids is 1. The largest absolute Gasteiger partial charge is 0.338 e. The normalized spacial score (nSPS) is 15.7. The van der Waals surface area contributed by atoms with Crippen LogP contribution in [0.2, 0.25) is 0 Å². The summed E-state index contributed by atoms with van der Waals surface area (Å²) >= 11 is 0. The average molecular weight is 417 g/mol. The number of amides is 2. The van der Waals surface area contributed by atoms with E-state index in [1.807, 2.05) is 18.2 Å². The van der Waals surface area contributed by atoms with E-state index < -0.39 is 10.0 Å². The van der Waals surface area contributed by atoms with Crippen LogP contribution in [-0.4, -0.2) is 49.9 Å². The number of nitrogens with one attached hydrogen (secondary N) is 2. The molecule has 1 aliphatic rings. The molecule has 8 heteroatoms. The van der Waals surface area contributed by atoms with Crippen LogP contribution in [0.15, 0.2) is 59.8 Å². The highest BCUT2D eigenvalue weighted by Crippen LogP contribution is 2.22. The summed E-state index contributed by atoms with van der Waals surface area (Å²) in [4.78, 5) is 16.1. The molecule has 2 aromatic rings. The molecule has 156 valence electrons. The Bertz CT molecular complexity index is 867. The fraction of sp³-hybridized carbons (Fsp3) is 0.429. The van der Waals surface area contributed by atoms with Crippen molar-refractivity contribution in [1.29, 1.82) is 0 Å². The summed E-state index contributed by atoms with van der Waals surface area (Å²) in [7, 11) is -3.48. The Morgan fingerprint density at radius 1 is 1.07 bits per heavy atom. The van der Waals surface area contributed by atoms with Crippen molar-refractivity contribution < 1.29 is 13.2 Å². The maximum absolute atomic E-state index is 12.6. The van der Waals surface area contributed by atoms with Crippen molar-refractivity contribution in [3.8, 4) is 0 Å². The number of hydrogen-bond donors (Lipinski definition) is 2. The Hall–Kier alpha value is -2.45. The lowest BCUT2D eigenvalue weighted by Crippen LogP contribution is -2.43. The Labute approximate surface area is 172 Å². The van der Waals surface area contributed by atoms with Gasteiger partial charge in [0.1, 0.15) is 4.90 Å². The van der Waals surface area contributed by atoms with E-state index in [9.17, 15) is 13.2 Å². The molecule has 3 rings (SSSR count). The van der Waals surface area contributed by atoms with Crippen LogP contribution in [0.3, 0.4) is 0 Å². The number of hydrogen-bond acceptors (Lipinski definition) is 4. The SMILES string of the molecule is O=C(NCCCc1ccccc1)NCC1CCN(S(=O)(=O)c2cccnc2)CC1. The van der Waals surface area contributed by atoms with Gasteiger partial charge in [0.05, 0.1) is 0 Å². The highest BCUT2D eigenvalue weighted by Gasteiger charge is 2.29. The van der Waals surface area contributed by atoms with Crippen molar-refractivity contribution in [2.24, 2.45) is 5.92 Å². The second-order valence-corrected chi connectivity index (χ2v) is 9.20. The van der Waals surface area contributed by atoms with Crippen LogP contribution >= 0.6 is 0 Å². The first-order valence-electron chi connectivity index (χ1n) is 10.0. The minimum Gasteiger partial charge on any atom is -0.338 e. The van der Waals surface area contributed by atoms with E-state index >= 15 is 0 Å². The van der Waals surface area contributed by atoms with Crippen molar-refractivity contribution >= 4 is 16.1 Å². The molecule has 0 aliphatic carbocycles. The molecule has 1 aliphatic heterocycles. The predicted molar refractivity (Wildman–Crippen MR) is 112 cm³/mol. The van der Waals surface area contributed by atoms with Gasteiger partial charge in [0.15, 0.2) is 0 Å². The van der Waals surface area contributed by atoms with Crippen LogP contribution < -0.4 is 10.6 Å². The van der Waals surface area contributed by atoms with Gasteiger partial charge in [-0.2, -0.15) is 4.31 Å². The van der Waals surface area contributed by atoms with Gasteiger partial charge in [-0.1, -0.05) is 30.3 Å². The van der Waals surface area contributed by atoms with Crippen LogP contribution in [0.5, 0.6) is 0 Å². The number of pyridine rings is 1. The fourth-order valence-electron chi connectivity index (χ4n) is 3.44. The number of sulfonamides is 1. The standard InChI is InChI=1S/C21H28N4O3S/c26-21(23-13-4-8-18-6-2-1-3-7-18)24-16-19-10-14-25(15-11-19)29(27,28)20-9-5-12-22-17-20/h1-3,5-7,9,12,17,19H,4,8,10-11,13-16H2,(H2,23,24,26). The zero-order chi connectivity index (χ0) is 20.5. The molecule has 0 bridgehead atoms. The van der Waals surface area contributed by atoms with E-state index in [-0.39, 0.29) is 16.8 Å². The summed E-state index contributed by atoms with van der Waals surface area (Å²) < 4.78 is 26.7. The van der Waals surface area contributed by atoms with Crippen molar-refractivity contribution in [2.75, 3.05) is 26.2 Å². The smallest absolute Gasteiger partial charge is 0.314 e. The van der Waals surface area contributed by atoms with Crippen LogP contribution in [0.4, 0.5) is 4.79 Å². The second kappa shape index (κ2) is 10.4. The van der Waals surface area contributed by atoms with E-state index in [4.69, 9.17) is 0 Å². The minimum atomic E-state index is -3.48. The summed E-state index contributed by atoms with van der Waals surface area (Å²) in [5.74, 6) is 0.283. The molecular formula is C21H28N4O3S. The fourth-order valence-corrected chi connectivity index (χ4v) is 4.88. The number of rotatable bonds is 8. The number of aromatic nitrogens is 1. The number of aryl methyl sites for hydroxylation is 1. The Kier molecular flexibility index (Phi) is 7.60. The Morgan fingerprint density at radius 2 is 1.83 bits per heavy atom. The third-order valence-electron chi connectivity index (χ3n) is 5.17. The van der Waals surface area contributed by atoms with E-state index in [2.05, 4.69) is 27.8 Å². The van der Waals surface area contributed by atoms with E-state index in [1.165, 1.54) is 16.1 Å². The van der Waals surface area contributed by atoms with Gasteiger partial charge in [-0.15, -0.1) is 0 Å². The highest BCUT2D eigenvalue weighted by molar-refractivity contribution is 7.89. The number of benzene rings is 1. The molecule has 0 radical (unpaired) electrons. The summed E-state index contributed by atoms with van der Waals surface area (Å²) in [6.45, 7) is 2.11. The Morgan fingerprint density at radius 3 is 2.52 bits per heavy atom. The minimum absolute atomic E-state index is 0.163. The van der Waals surface area contributed by atoms with Crippen molar-refractivity contribution in [3.63, 3.8) is 0 Å². The predicted octanol–water partition coefficient (Wildman–Crippen LogP) is 2.41. The van der Waals surface area contributed by atoms with E-state index in [1.54, 1.807) is 18.3 Å². The quantitative estimate of drug-likeness (QED) is 0.647. The lowest BCUT2D eigenvalue weighted by atomic mass is 9.98. The summed E-state index contributed by atoms with van der Waals surface area (Å²) in [5, 5.41) is 5.79. The average Bonchev–Trinajstić information content (AvgIpc) is 2.77. The molecule has 0 saturated carbocycles. The molecule has 1 fully saturated rings. The maximum Gasteiger partial charge on any atom is 0.314 e. The summed E-state index contributed by atoms with van der Waals surface area (Å²) in [5.41, 5.74) is 1.27. The van der Waals surface area contributed by atoms with Gasteiger partial charge in [-0.05, 0) is 49.3 Å². The van der Waals surface area contributed by atoms with Gasteiger partial charge in [0, 0.05) is 38.6 Å². The molecule has 0 spiro atoms. The highest BCUT2D eigenvalue weighted by atomic mass is 32.2. The lowest BCUT2D eigenvalue weighted by molar-refractivity contribution is 0.231. The second-order valence-electron chi connectivity index (χ2n) is 7.26. The van der Waals surface area contributed by atoms with Gasteiger partial charge in [0.25, 0.3) is 0 Å². The lowest BCUT2D eigenvalue weighted by Gasteiger charge is -2.31. The third kappa shape index (κ3) is 6.27. The van der Waals surface area contributed by atoms with E-state index in [0.717, 1.165) is 25.7 Å². The van der Waals surface area contributed by atoms with Gasteiger partial charge >= 0.3 is 6.03 Å². The summed E-state index contributed by atoms with van der Waals surface area (Å²) in [6, 6.07) is 13.2. The molecular weight excluding hydrogens is 388 g/mol. The van der Waals surface area contributed by atoms with Gasteiger partial charge in [-0.25, -0.2) is 13.2 Å². The number of piperidine rings is 1. The summed E-state index contributed by atoms with van der Waals surface area (Å²) in [6.07, 6.45) is 6.23. The number of carbonyl (C=O) groups is 1. The van der Waals surface area contributed by atoms with Crippen LogP contribution in [-0.2, 0) is 16.4 Å². The molecule has 1 aromatic heterocycles. The Balaban J connectivity index is 1.33. The van der Waals surface area contributed by atoms with Gasteiger partial charge in [0.2, 0.25) is 10.0 Å². The van der Waals surface area contributed by atoms with E-state index in [0.29, 0.717) is 26.2 Å². The number of urea groups is 1. The van der Waals surface area contributed by atoms with Gasteiger partial charge < -0.3 is 10.6 Å². The molecule has 0 unspecified atom stereocenters. The van der Waals surface area contributed by atoms with Crippen molar-refractivity contribution in [1.82, 2.24) is 19.9 Å². The van der Waals surface area contributed by atoms with Crippen molar-refractivity contribution in [2.45, 2.75) is 30.6 Å². The van der Waals surface area contributed by atoms with Crippen LogP contribution in [0.1, 0.15) is 24.8 Å². The first-order chi connectivity index (χ1) is 14.1. The monoisotopic (exact) mass is 416 g/mol. The number of nitrogens with zero attached hydrogens (tertiary/aromatic N) is 2. The zero-order valence-electron chi connectivity index (χ0n) is 16.5. The molecule has 2 amide bonds. The van der Waals surface area contributed by atoms with Gasteiger partial charge in [-0.3, -0.25) is 4.98 Å². The zero-order valence-corrected chi connectivity index (χ0v) is 17.3. The van der Waals surface area contributed by atoms with Crippen LogP contribution in [0.25, 0.3) is 0 Å².